The highest BCUT2D eigenvalue weighted by molar-refractivity contribution is 6.31. The van der Waals surface area contributed by atoms with Crippen molar-refractivity contribution in [3.63, 3.8) is 0 Å². The number of fused-ring (bicyclic) bond motifs is 1. The van der Waals surface area contributed by atoms with Crippen molar-refractivity contribution in [1.82, 2.24) is 9.55 Å². The Labute approximate surface area is 150 Å². The van der Waals surface area contributed by atoms with Crippen LogP contribution in [0.4, 0.5) is 0 Å². The Hall–Kier alpha value is -2.29. The molecule has 0 saturated heterocycles. The van der Waals surface area contributed by atoms with Crippen LogP contribution in [0.3, 0.4) is 0 Å². The summed E-state index contributed by atoms with van der Waals surface area (Å²) in [7, 11) is 0. The molecule has 0 aliphatic rings. The molecule has 0 spiro atoms. The van der Waals surface area contributed by atoms with Crippen LogP contribution in [0.15, 0.2) is 72.8 Å². The van der Waals surface area contributed by atoms with E-state index >= 15 is 0 Å². The van der Waals surface area contributed by atoms with Crippen molar-refractivity contribution in [3.8, 4) is 11.4 Å². The largest absolute Gasteiger partial charge is 0.319 e. The van der Waals surface area contributed by atoms with Crippen LogP contribution in [0.5, 0.6) is 0 Å². The van der Waals surface area contributed by atoms with Gasteiger partial charge in [0.25, 0.3) is 0 Å². The van der Waals surface area contributed by atoms with Crippen LogP contribution in [0, 0.1) is 0 Å². The highest BCUT2D eigenvalue weighted by Gasteiger charge is 2.13. The minimum atomic E-state index is 0.697. The summed E-state index contributed by atoms with van der Waals surface area (Å²) in [5.74, 6) is 0.902. The zero-order valence-electron chi connectivity index (χ0n) is 12.8. The fourth-order valence-corrected chi connectivity index (χ4v) is 3.30. The van der Waals surface area contributed by atoms with Crippen LogP contribution in [-0.4, -0.2) is 9.55 Å². The summed E-state index contributed by atoms with van der Waals surface area (Å²) in [6, 6.07) is 23.8. The Morgan fingerprint density at radius 2 is 1.54 bits per heavy atom. The van der Waals surface area contributed by atoms with E-state index in [1.54, 1.807) is 0 Å². The van der Waals surface area contributed by atoms with Crippen LogP contribution in [0.25, 0.3) is 22.4 Å². The number of aromatic nitrogens is 2. The summed E-state index contributed by atoms with van der Waals surface area (Å²) in [4.78, 5) is 4.81. The number of hydrogen-bond acceptors (Lipinski definition) is 1. The zero-order valence-corrected chi connectivity index (χ0v) is 14.3. The Morgan fingerprint density at radius 1 is 0.792 bits per heavy atom. The minimum absolute atomic E-state index is 0.697. The number of nitrogens with zero attached hydrogens (tertiary/aromatic N) is 2. The first-order valence-corrected chi connectivity index (χ1v) is 8.42. The summed E-state index contributed by atoms with van der Waals surface area (Å²) >= 11 is 12.3. The molecule has 0 saturated carbocycles. The lowest BCUT2D eigenvalue weighted by atomic mass is 10.2. The summed E-state index contributed by atoms with van der Waals surface area (Å²) in [5, 5.41) is 1.44. The normalized spacial score (nSPS) is 11.1. The van der Waals surface area contributed by atoms with E-state index in [9.17, 15) is 0 Å². The van der Waals surface area contributed by atoms with Gasteiger partial charge in [0.05, 0.1) is 11.0 Å². The average Bonchev–Trinajstić information content (AvgIpc) is 2.94. The molecule has 1 heterocycles. The molecule has 4 aromatic rings. The molecule has 3 aromatic carbocycles. The van der Waals surface area contributed by atoms with Gasteiger partial charge >= 0.3 is 0 Å². The first kappa shape index (κ1) is 15.3. The SMILES string of the molecule is Clc1cccc(Cn2c(-c3cccc(Cl)c3)nc3ccccc32)c1. The number of benzene rings is 3. The topological polar surface area (TPSA) is 17.8 Å². The maximum absolute atomic E-state index is 6.17. The van der Waals surface area contributed by atoms with Crippen LogP contribution in [0.2, 0.25) is 10.0 Å². The molecule has 1 aromatic heterocycles. The second-order valence-corrected chi connectivity index (χ2v) is 6.52. The highest BCUT2D eigenvalue weighted by Crippen LogP contribution is 2.28. The van der Waals surface area contributed by atoms with Crippen LogP contribution in [0.1, 0.15) is 5.56 Å². The van der Waals surface area contributed by atoms with Gasteiger partial charge in [-0.15, -0.1) is 0 Å². The molecule has 0 atom stereocenters. The van der Waals surface area contributed by atoms with Gasteiger partial charge in [-0.05, 0) is 42.0 Å². The average molecular weight is 353 g/mol. The van der Waals surface area contributed by atoms with E-state index in [4.69, 9.17) is 28.2 Å². The smallest absolute Gasteiger partial charge is 0.141 e. The lowest BCUT2D eigenvalue weighted by Crippen LogP contribution is -2.02. The number of hydrogen-bond donors (Lipinski definition) is 0. The molecule has 118 valence electrons. The minimum Gasteiger partial charge on any atom is -0.319 e. The lowest BCUT2D eigenvalue weighted by molar-refractivity contribution is 0.834. The van der Waals surface area contributed by atoms with E-state index < -0.39 is 0 Å². The molecule has 0 amide bonds. The van der Waals surface area contributed by atoms with E-state index in [2.05, 4.69) is 16.7 Å². The maximum Gasteiger partial charge on any atom is 0.141 e. The first-order valence-electron chi connectivity index (χ1n) is 7.66. The molecule has 0 aliphatic heterocycles. The van der Waals surface area contributed by atoms with Crippen molar-refractivity contribution in [3.05, 3.63) is 88.4 Å². The van der Waals surface area contributed by atoms with E-state index in [1.165, 1.54) is 0 Å². The summed E-state index contributed by atoms with van der Waals surface area (Å²) in [6.07, 6.45) is 0. The molecule has 4 heteroatoms. The van der Waals surface area contributed by atoms with Crippen LogP contribution in [-0.2, 0) is 6.54 Å². The Balaban J connectivity index is 1.90. The van der Waals surface area contributed by atoms with Gasteiger partial charge in [-0.25, -0.2) is 4.98 Å². The Morgan fingerprint density at radius 3 is 2.33 bits per heavy atom. The van der Waals surface area contributed by atoms with Crippen molar-refractivity contribution >= 4 is 34.2 Å². The molecule has 0 bridgehead atoms. The van der Waals surface area contributed by atoms with Crippen molar-refractivity contribution in [2.24, 2.45) is 0 Å². The van der Waals surface area contributed by atoms with Crippen molar-refractivity contribution in [1.29, 1.82) is 0 Å². The van der Waals surface area contributed by atoms with E-state index in [1.807, 2.05) is 60.7 Å². The molecule has 0 N–H and O–H groups in total. The fraction of sp³-hybridized carbons (Fsp3) is 0.0500. The molecule has 4 rings (SSSR count). The van der Waals surface area contributed by atoms with E-state index in [-0.39, 0.29) is 0 Å². The van der Waals surface area contributed by atoms with Gasteiger partial charge in [0.1, 0.15) is 5.82 Å². The van der Waals surface area contributed by atoms with Gasteiger partial charge in [-0.3, -0.25) is 0 Å². The Bertz CT molecular complexity index is 1020. The third-order valence-electron chi connectivity index (χ3n) is 3.97. The molecular weight excluding hydrogens is 339 g/mol. The van der Waals surface area contributed by atoms with Crippen molar-refractivity contribution < 1.29 is 0 Å². The summed E-state index contributed by atoms with van der Waals surface area (Å²) in [6.45, 7) is 0.697. The molecular formula is C20H14Cl2N2. The predicted molar refractivity (Wildman–Crippen MR) is 101 cm³/mol. The number of rotatable bonds is 3. The lowest BCUT2D eigenvalue weighted by Gasteiger charge is -2.10. The predicted octanol–water partition coefficient (Wildman–Crippen LogP) is 6.06. The third kappa shape index (κ3) is 2.91. The van der Waals surface area contributed by atoms with Gasteiger partial charge in [0.2, 0.25) is 0 Å². The van der Waals surface area contributed by atoms with E-state index in [0.29, 0.717) is 11.6 Å². The number of imidazole rings is 1. The number of halogens is 2. The van der Waals surface area contributed by atoms with Gasteiger partial charge in [0, 0.05) is 22.2 Å². The molecule has 0 radical (unpaired) electrons. The van der Waals surface area contributed by atoms with Gasteiger partial charge in [0.15, 0.2) is 0 Å². The standard InChI is InChI=1S/C20H14Cl2N2/c21-16-7-3-5-14(11-16)13-24-19-10-2-1-9-18(19)23-20(24)15-6-4-8-17(22)12-15/h1-12H,13H2. The maximum atomic E-state index is 6.17. The highest BCUT2D eigenvalue weighted by atomic mass is 35.5. The van der Waals surface area contributed by atoms with Crippen LogP contribution >= 0.6 is 23.2 Å². The second-order valence-electron chi connectivity index (χ2n) is 5.65. The molecule has 2 nitrogen and oxygen atoms in total. The second kappa shape index (κ2) is 6.31. The first-order chi connectivity index (χ1) is 11.7. The van der Waals surface area contributed by atoms with E-state index in [0.717, 1.165) is 33.0 Å². The zero-order chi connectivity index (χ0) is 16.5. The molecule has 0 fully saturated rings. The molecule has 0 unspecified atom stereocenters. The van der Waals surface area contributed by atoms with Crippen molar-refractivity contribution in [2.45, 2.75) is 6.54 Å². The van der Waals surface area contributed by atoms with Gasteiger partial charge < -0.3 is 4.57 Å². The van der Waals surface area contributed by atoms with Crippen LogP contribution < -0.4 is 0 Å². The van der Waals surface area contributed by atoms with Gasteiger partial charge in [-0.2, -0.15) is 0 Å². The summed E-state index contributed by atoms with van der Waals surface area (Å²) < 4.78 is 2.20. The quantitative estimate of drug-likeness (QED) is 0.438. The molecule has 0 aliphatic carbocycles. The monoisotopic (exact) mass is 352 g/mol. The van der Waals surface area contributed by atoms with Crippen molar-refractivity contribution in [2.75, 3.05) is 0 Å². The third-order valence-corrected chi connectivity index (χ3v) is 4.44. The Kier molecular flexibility index (Phi) is 4.01. The number of para-hydroxylation sites is 2. The fourth-order valence-electron chi connectivity index (χ4n) is 2.90. The summed E-state index contributed by atoms with van der Waals surface area (Å²) in [5.41, 5.74) is 4.19. The van der Waals surface area contributed by atoms with Gasteiger partial charge in [-0.1, -0.05) is 59.6 Å². The molecule has 24 heavy (non-hydrogen) atoms.